The monoisotopic (exact) mass is 255 g/mol. The smallest absolute Gasteiger partial charge is 0.350 e. The molecule has 0 aliphatic carbocycles. The highest BCUT2D eigenvalue weighted by Crippen LogP contribution is 2.37. The normalized spacial score (nSPS) is 13.1. The third-order valence-electron chi connectivity index (χ3n) is 2.76. The van der Waals surface area contributed by atoms with Gasteiger partial charge in [0, 0.05) is 0 Å². The number of esters is 2. The van der Waals surface area contributed by atoms with Gasteiger partial charge in [0.2, 0.25) is 0 Å². The van der Waals surface area contributed by atoms with E-state index >= 15 is 0 Å². The predicted octanol–water partition coefficient (Wildman–Crippen LogP) is 2.37. The lowest BCUT2D eigenvalue weighted by atomic mass is 10.1. The molecule has 0 saturated carbocycles. The van der Waals surface area contributed by atoms with Crippen LogP contribution in [0.2, 0.25) is 0 Å². The number of anilines is 1. The fourth-order valence-electron chi connectivity index (χ4n) is 1.88. The third kappa shape index (κ3) is 1.81. The molecule has 2 N–H and O–H groups in total. The molecule has 0 aromatic heterocycles. The summed E-state index contributed by atoms with van der Waals surface area (Å²) in [6.07, 6.45) is 0. The molecule has 19 heavy (non-hydrogen) atoms. The van der Waals surface area contributed by atoms with Gasteiger partial charge < -0.3 is 15.2 Å². The van der Waals surface area contributed by atoms with Gasteiger partial charge in [-0.3, -0.25) is 0 Å². The van der Waals surface area contributed by atoms with Gasteiger partial charge in [-0.05, 0) is 24.3 Å². The van der Waals surface area contributed by atoms with Gasteiger partial charge in [-0.25, -0.2) is 9.59 Å². The average Bonchev–Trinajstić information content (AvgIpc) is 2.69. The molecule has 0 radical (unpaired) electrons. The number of hydrogen-bond acceptors (Lipinski definition) is 5. The van der Waals surface area contributed by atoms with Crippen LogP contribution in [0.25, 0.3) is 0 Å². The Kier molecular flexibility index (Phi) is 2.45. The molecular formula is C14H9NO4. The summed E-state index contributed by atoms with van der Waals surface area (Å²) in [5.74, 6) is -0.745. The number of ether oxygens (including phenoxy) is 2. The number of fused-ring (bicyclic) bond motifs is 1. The van der Waals surface area contributed by atoms with Gasteiger partial charge in [-0.1, -0.05) is 18.2 Å². The van der Waals surface area contributed by atoms with Gasteiger partial charge in [0.25, 0.3) is 0 Å². The van der Waals surface area contributed by atoms with Crippen molar-refractivity contribution in [1.29, 1.82) is 0 Å². The second kappa shape index (κ2) is 4.13. The minimum absolute atomic E-state index is 0.0776. The molecule has 94 valence electrons. The fourth-order valence-corrected chi connectivity index (χ4v) is 1.88. The maximum absolute atomic E-state index is 11.7. The predicted molar refractivity (Wildman–Crippen MR) is 67.1 cm³/mol. The SMILES string of the molecule is Nc1ccc2c(c1Oc1ccccc1)C(=O)OC2=O. The zero-order valence-electron chi connectivity index (χ0n) is 9.75. The van der Waals surface area contributed by atoms with E-state index < -0.39 is 11.9 Å². The van der Waals surface area contributed by atoms with E-state index in [0.717, 1.165) is 0 Å². The van der Waals surface area contributed by atoms with Crippen LogP contribution < -0.4 is 10.5 Å². The molecule has 0 fully saturated rings. The molecule has 0 saturated heterocycles. The van der Waals surface area contributed by atoms with Gasteiger partial charge in [-0.2, -0.15) is 0 Å². The molecule has 1 aliphatic heterocycles. The summed E-state index contributed by atoms with van der Waals surface area (Å²) in [5.41, 5.74) is 6.33. The van der Waals surface area contributed by atoms with Crippen LogP contribution in [0, 0.1) is 0 Å². The fraction of sp³-hybridized carbons (Fsp3) is 0. The Bertz CT molecular complexity index is 679. The number of nitrogens with two attached hydrogens (primary N) is 1. The molecule has 0 unspecified atom stereocenters. The summed E-state index contributed by atoms with van der Waals surface area (Å²) in [4.78, 5) is 23.1. The molecule has 5 heteroatoms. The second-order valence-electron chi connectivity index (χ2n) is 4.00. The average molecular weight is 255 g/mol. The summed E-state index contributed by atoms with van der Waals surface area (Å²) in [5, 5.41) is 0. The highest BCUT2D eigenvalue weighted by Gasteiger charge is 2.34. The number of benzene rings is 2. The van der Waals surface area contributed by atoms with Gasteiger partial charge in [-0.15, -0.1) is 0 Å². The Morgan fingerprint density at radius 3 is 2.42 bits per heavy atom. The van der Waals surface area contributed by atoms with Gasteiger partial charge in [0.05, 0.1) is 11.3 Å². The Hall–Kier alpha value is -2.82. The quantitative estimate of drug-likeness (QED) is 0.506. The number of nitrogen functional groups attached to an aromatic ring is 1. The van der Waals surface area contributed by atoms with Gasteiger partial charge in [0.1, 0.15) is 11.3 Å². The standard InChI is InChI=1S/C14H9NO4/c15-10-7-6-9-11(14(17)19-13(9)16)12(10)18-8-4-2-1-3-5-8/h1-7H,15H2. The first-order chi connectivity index (χ1) is 9.16. The Balaban J connectivity index is 2.12. The number of carbonyl (C=O) groups is 2. The molecule has 1 heterocycles. The van der Waals surface area contributed by atoms with Crippen LogP contribution in [0.3, 0.4) is 0 Å². The minimum Gasteiger partial charge on any atom is -0.454 e. The summed E-state index contributed by atoms with van der Waals surface area (Å²) >= 11 is 0. The van der Waals surface area contributed by atoms with Crippen molar-refractivity contribution in [2.75, 3.05) is 5.73 Å². The van der Waals surface area contributed by atoms with E-state index in [4.69, 9.17) is 10.5 Å². The van der Waals surface area contributed by atoms with Crippen LogP contribution in [0.5, 0.6) is 11.5 Å². The van der Waals surface area contributed by atoms with E-state index in [-0.39, 0.29) is 22.6 Å². The van der Waals surface area contributed by atoms with Crippen LogP contribution in [0.4, 0.5) is 5.69 Å². The summed E-state index contributed by atoms with van der Waals surface area (Å²) in [7, 11) is 0. The summed E-state index contributed by atoms with van der Waals surface area (Å²) < 4.78 is 10.1. The zero-order valence-corrected chi connectivity index (χ0v) is 9.75. The van der Waals surface area contributed by atoms with Crippen LogP contribution in [0.1, 0.15) is 20.7 Å². The lowest BCUT2D eigenvalue weighted by Gasteiger charge is -2.10. The topological polar surface area (TPSA) is 78.6 Å². The van der Waals surface area contributed by atoms with Crippen LogP contribution in [-0.2, 0) is 4.74 Å². The molecule has 1 aliphatic rings. The van der Waals surface area contributed by atoms with E-state index in [1.54, 1.807) is 24.3 Å². The van der Waals surface area contributed by atoms with Crippen LogP contribution in [-0.4, -0.2) is 11.9 Å². The van der Waals surface area contributed by atoms with Crippen molar-refractivity contribution < 1.29 is 19.1 Å². The van der Waals surface area contributed by atoms with E-state index in [2.05, 4.69) is 4.74 Å². The first-order valence-corrected chi connectivity index (χ1v) is 5.58. The largest absolute Gasteiger partial charge is 0.454 e. The van der Waals surface area contributed by atoms with Crippen LogP contribution in [0.15, 0.2) is 42.5 Å². The molecule has 2 aromatic carbocycles. The highest BCUT2D eigenvalue weighted by atomic mass is 16.6. The van der Waals surface area contributed by atoms with E-state index in [1.165, 1.54) is 12.1 Å². The van der Waals surface area contributed by atoms with E-state index in [0.29, 0.717) is 5.75 Å². The third-order valence-corrected chi connectivity index (χ3v) is 2.76. The molecule has 2 aromatic rings. The summed E-state index contributed by atoms with van der Waals surface area (Å²) in [6, 6.07) is 11.8. The number of carbonyl (C=O) groups excluding carboxylic acids is 2. The van der Waals surface area contributed by atoms with Crippen molar-refractivity contribution >= 4 is 17.6 Å². The Labute approximate surface area is 108 Å². The maximum Gasteiger partial charge on any atom is 0.350 e. The lowest BCUT2D eigenvalue weighted by molar-refractivity contribution is 0.0443. The van der Waals surface area contributed by atoms with E-state index in [9.17, 15) is 9.59 Å². The van der Waals surface area contributed by atoms with Crippen LogP contribution >= 0.6 is 0 Å². The van der Waals surface area contributed by atoms with Crippen molar-refractivity contribution in [3.05, 3.63) is 53.6 Å². The lowest BCUT2D eigenvalue weighted by Crippen LogP contribution is -2.01. The highest BCUT2D eigenvalue weighted by molar-refractivity contribution is 6.17. The number of hydrogen-bond donors (Lipinski definition) is 1. The molecular weight excluding hydrogens is 246 g/mol. The molecule has 0 spiro atoms. The Morgan fingerprint density at radius 1 is 0.947 bits per heavy atom. The second-order valence-corrected chi connectivity index (χ2v) is 4.00. The van der Waals surface area contributed by atoms with E-state index in [1.807, 2.05) is 6.07 Å². The van der Waals surface area contributed by atoms with Crippen molar-refractivity contribution in [2.45, 2.75) is 0 Å². The van der Waals surface area contributed by atoms with Crippen molar-refractivity contribution in [1.82, 2.24) is 0 Å². The molecule has 3 rings (SSSR count). The van der Waals surface area contributed by atoms with Gasteiger partial charge in [0.15, 0.2) is 5.75 Å². The number of rotatable bonds is 2. The first-order valence-electron chi connectivity index (χ1n) is 5.58. The molecule has 0 atom stereocenters. The first kappa shape index (κ1) is 11.3. The summed E-state index contributed by atoms with van der Waals surface area (Å²) in [6.45, 7) is 0. The molecule has 5 nitrogen and oxygen atoms in total. The van der Waals surface area contributed by atoms with Gasteiger partial charge >= 0.3 is 11.9 Å². The molecule has 0 amide bonds. The van der Waals surface area contributed by atoms with Crippen molar-refractivity contribution in [2.24, 2.45) is 0 Å². The minimum atomic E-state index is -0.738. The number of cyclic esters (lactones) is 2. The van der Waals surface area contributed by atoms with Crippen molar-refractivity contribution in [3.8, 4) is 11.5 Å². The maximum atomic E-state index is 11.7. The van der Waals surface area contributed by atoms with Crippen molar-refractivity contribution in [3.63, 3.8) is 0 Å². The Morgan fingerprint density at radius 2 is 1.68 bits per heavy atom. The molecule has 0 bridgehead atoms. The zero-order chi connectivity index (χ0) is 13.4. The number of para-hydroxylation sites is 1.